The summed E-state index contributed by atoms with van der Waals surface area (Å²) in [6.07, 6.45) is 0. The van der Waals surface area contributed by atoms with Crippen molar-refractivity contribution in [1.29, 1.82) is 0 Å². The van der Waals surface area contributed by atoms with Crippen LogP contribution in [-0.4, -0.2) is 44.1 Å². The lowest BCUT2D eigenvalue weighted by Crippen LogP contribution is -1.76. The van der Waals surface area contributed by atoms with Crippen LogP contribution in [-0.2, 0) is 0 Å². The van der Waals surface area contributed by atoms with Crippen LogP contribution in [0.15, 0.2) is 0 Å². The summed E-state index contributed by atoms with van der Waals surface area (Å²) in [6, 6.07) is 0. The van der Waals surface area contributed by atoms with Crippen molar-refractivity contribution in [2.75, 3.05) is 0 Å². The lowest BCUT2D eigenvalue weighted by Gasteiger charge is -1.52. The monoisotopic (exact) mass is 128 g/mol. The molecule has 6 heavy (non-hydrogen) atoms. The van der Waals surface area contributed by atoms with Gasteiger partial charge in [-0.2, -0.15) is 0 Å². The second kappa shape index (κ2) is 9.41. The molecule has 6 heteroatoms. The smallest absolute Gasteiger partial charge is 0.412 e. The molecule has 1 nitrogen and oxygen atoms in total. The van der Waals surface area contributed by atoms with E-state index in [1.807, 2.05) is 0 Å². The second-order valence-corrected chi connectivity index (χ2v) is 0.742. The quantitative estimate of drug-likeness (QED) is 0.380. The van der Waals surface area contributed by atoms with E-state index in [9.17, 15) is 10.6 Å². The minimum atomic E-state index is -4.64. The molecule has 0 heterocycles. The van der Waals surface area contributed by atoms with Gasteiger partial charge in [-0.25, -0.2) is 0 Å². The highest BCUT2D eigenvalue weighted by Gasteiger charge is 2.21. The molecule has 0 saturated carbocycles. The van der Waals surface area contributed by atoms with Gasteiger partial charge in [0.2, 0.25) is 0 Å². The molecule has 0 aromatic carbocycles. The Kier molecular flexibility index (Phi) is 24.7. The summed E-state index contributed by atoms with van der Waals surface area (Å²) in [5.41, 5.74) is 0. The van der Waals surface area contributed by atoms with Crippen molar-refractivity contribution in [1.82, 2.24) is 0 Å². The second-order valence-electron chi connectivity index (χ2n) is 0.247. The largest absolute Gasteiger partial charge is 1.04 e. The molecule has 0 fully saturated rings. The first-order valence-corrected chi connectivity index (χ1v) is 1.96. The van der Waals surface area contributed by atoms with Crippen LogP contribution >= 0.6 is 0 Å². The van der Waals surface area contributed by atoms with Gasteiger partial charge in [0, 0.05) is 0 Å². The van der Waals surface area contributed by atoms with E-state index in [4.69, 9.17) is 0 Å². The summed E-state index contributed by atoms with van der Waals surface area (Å²) in [7, 11) is 0. The van der Waals surface area contributed by atoms with Gasteiger partial charge in [-0.15, -0.1) is 0 Å². The van der Waals surface area contributed by atoms with Gasteiger partial charge in [-0.05, 0) is 0 Å². The van der Waals surface area contributed by atoms with E-state index in [1.165, 1.54) is 0 Å². The third-order valence-corrected chi connectivity index (χ3v) is 0. The van der Waals surface area contributed by atoms with E-state index >= 15 is 0 Å². The summed E-state index contributed by atoms with van der Waals surface area (Å²) in [6.45, 7) is 0. The Morgan fingerprint density at radius 1 is 1.00 bits per heavy atom. The lowest BCUT2D eigenvalue weighted by molar-refractivity contribution is 0.535. The average Bonchev–Trinajstić information content (AvgIpc) is 0.811. The van der Waals surface area contributed by atoms with Gasteiger partial charge in [0.05, 0.1) is 0 Å². The van der Waals surface area contributed by atoms with Gasteiger partial charge < -0.3 is 16.0 Å². The molecule has 0 bridgehead atoms. The van der Waals surface area contributed by atoms with Gasteiger partial charge in [-0.3, -0.25) is 0 Å². The van der Waals surface area contributed by atoms with Crippen molar-refractivity contribution in [3.05, 3.63) is 0 Å². The van der Waals surface area contributed by atoms with Gasteiger partial charge in [0.15, 0.2) is 0 Å². The molecule has 0 atom stereocenters. The Labute approximate surface area is 54.8 Å². The third-order valence-electron chi connectivity index (χ3n) is 0. The summed E-state index contributed by atoms with van der Waals surface area (Å²) in [5.74, 6) is 0. The first-order valence-electron chi connectivity index (χ1n) is 0.655. The van der Waals surface area contributed by atoms with Gasteiger partial charge in [0.25, 0.3) is 0 Å². The molecule has 0 aromatic rings. The highest BCUT2D eigenvalue weighted by molar-refractivity contribution is 6.33. The zero-order chi connectivity index (χ0) is 3.58. The van der Waals surface area contributed by atoms with Crippen molar-refractivity contribution >= 4 is 38.6 Å². The fourth-order valence-electron chi connectivity index (χ4n) is 0. The SMILES string of the molecule is O.[F][Al]([F])[F].[MgH2]. The molecule has 0 aliphatic heterocycles. The standard InChI is InChI=1S/Al.3FH.Mg.H2O.2H/h;3*1H;;1H2;;/q+3;;;;;;;/p-3. The summed E-state index contributed by atoms with van der Waals surface area (Å²) in [5, 5.41) is 0. The third kappa shape index (κ3) is 75.3. The Balaban J connectivity index is -0.0000000450. The first-order chi connectivity index (χ1) is 1.73. The molecular formula is H4AlF3MgO. The Bertz CT molecular complexity index is 15.5. The fraction of sp³-hybridized carbons (Fsp3) is 0. The van der Waals surface area contributed by atoms with Crippen LogP contribution in [0, 0.1) is 0 Å². The van der Waals surface area contributed by atoms with Crippen molar-refractivity contribution in [3.63, 3.8) is 0 Å². The van der Waals surface area contributed by atoms with Crippen LogP contribution < -0.4 is 0 Å². The summed E-state index contributed by atoms with van der Waals surface area (Å²) in [4.78, 5) is 0. The molecule has 0 rings (SSSR count). The predicted molar refractivity (Wildman–Crippen MR) is 21.2 cm³/mol. The molecule has 0 amide bonds. The maximum absolute atomic E-state index is 9.81. The molecular weight excluding hydrogens is 124 g/mol. The van der Waals surface area contributed by atoms with Crippen molar-refractivity contribution < 1.29 is 16.0 Å². The molecule has 0 unspecified atom stereocenters. The maximum Gasteiger partial charge on any atom is 1.04 e. The number of halogens is 3. The normalized spacial score (nSPS) is 4.50. The van der Waals surface area contributed by atoms with Gasteiger partial charge in [0.1, 0.15) is 0 Å². The minimum absolute atomic E-state index is 0. The maximum atomic E-state index is 9.81. The molecule has 0 radical (unpaired) electrons. The van der Waals surface area contributed by atoms with E-state index < -0.39 is 15.5 Å². The number of hydrogen-bond donors (Lipinski definition) is 0. The Morgan fingerprint density at radius 2 is 1.00 bits per heavy atom. The molecule has 0 aliphatic rings. The fourth-order valence-corrected chi connectivity index (χ4v) is 0. The zero-order valence-corrected chi connectivity index (χ0v) is 3.37. The highest BCUT2D eigenvalue weighted by atomic mass is 27.3. The Morgan fingerprint density at radius 3 is 1.00 bits per heavy atom. The minimum Gasteiger partial charge on any atom is -0.412 e. The van der Waals surface area contributed by atoms with E-state index in [0.29, 0.717) is 0 Å². The topological polar surface area (TPSA) is 31.5 Å². The average molecular weight is 128 g/mol. The number of hydrogen-bond acceptors (Lipinski definition) is 0. The van der Waals surface area contributed by atoms with Gasteiger partial charge in [-0.1, -0.05) is 0 Å². The van der Waals surface area contributed by atoms with Crippen LogP contribution in [0.3, 0.4) is 0 Å². The van der Waals surface area contributed by atoms with Crippen molar-refractivity contribution in [3.8, 4) is 0 Å². The molecule has 0 saturated heterocycles. The molecule has 0 spiro atoms. The molecule has 2 N–H and O–H groups in total. The Hall–Kier alpha value is 1.05. The van der Waals surface area contributed by atoms with Crippen LogP contribution in [0.25, 0.3) is 0 Å². The van der Waals surface area contributed by atoms with Crippen LogP contribution in [0.4, 0.5) is 10.6 Å². The predicted octanol–water partition coefficient (Wildman–Crippen LogP) is -0.861. The zero-order valence-electron chi connectivity index (χ0n) is 2.21. The van der Waals surface area contributed by atoms with Crippen LogP contribution in [0.2, 0.25) is 0 Å². The van der Waals surface area contributed by atoms with Crippen LogP contribution in [0.5, 0.6) is 0 Å². The van der Waals surface area contributed by atoms with E-state index in [2.05, 4.69) is 0 Å². The van der Waals surface area contributed by atoms with Crippen molar-refractivity contribution in [2.24, 2.45) is 0 Å². The van der Waals surface area contributed by atoms with Crippen molar-refractivity contribution in [2.45, 2.75) is 0 Å². The molecule has 0 aromatic heterocycles. The summed E-state index contributed by atoms with van der Waals surface area (Å²) >= 11 is -4.64. The van der Waals surface area contributed by atoms with E-state index in [1.54, 1.807) is 0 Å². The lowest BCUT2D eigenvalue weighted by atomic mass is 16.0. The first kappa shape index (κ1) is 15.7. The van der Waals surface area contributed by atoms with E-state index in [-0.39, 0.29) is 28.5 Å². The van der Waals surface area contributed by atoms with E-state index in [0.717, 1.165) is 0 Å². The number of rotatable bonds is 0. The highest BCUT2D eigenvalue weighted by Crippen LogP contribution is 1.80. The molecule has 0 aliphatic carbocycles. The van der Waals surface area contributed by atoms with Crippen LogP contribution in [0.1, 0.15) is 0 Å². The molecule has 36 valence electrons. The summed E-state index contributed by atoms with van der Waals surface area (Å²) < 4.78 is 29.4. The van der Waals surface area contributed by atoms with Gasteiger partial charge >= 0.3 is 38.6 Å².